The molecule has 1 heterocycles. The van der Waals surface area contributed by atoms with Crippen LogP contribution in [-0.2, 0) is 11.3 Å². The number of thiazole rings is 1. The average molecular weight is 376 g/mol. The summed E-state index contributed by atoms with van der Waals surface area (Å²) in [4.78, 5) is 16.5. The monoisotopic (exact) mass is 375 g/mol. The number of hydrogen-bond acceptors (Lipinski definition) is 6. The first kappa shape index (κ1) is 17.3. The van der Waals surface area contributed by atoms with Crippen LogP contribution in [-0.4, -0.2) is 23.2 Å². The second kappa shape index (κ2) is 7.55. The normalized spacial score (nSPS) is 10.5. The Bertz CT molecular complexity index is 910. The Hall–Kier alpha value is -2.57. The van der Waals surface area contributed by atoms with E-state index in [1.165, 1.54) is 29.5 Å². The second-order valence-corrected chi connectivity index (χ2v) is 6.38. The highest BCUT2D eigenvalue weighted by Crippen LogP contribution is 2.32. The van der Waals surface area contributed by atoms with Gasteiger partial charge < -0.3 is 14.6 Å². The zero-order valence-electron chi connectivity index (χ0n) is 13.2. The van der Waals surface area contributed by atoms with Crippen molar-refractivity contribution in [1.29, 1.82) is 0 Å². The third kappa shape index (κ3) is 3.92. The summed E-state index contributed by atoms with van der Waals surface area (Å²) in [5.74, 6) is -0.127. The van der Waals surface area contributed by atoms with Crippen LogP contribution in [0.15, 0.2) is 47.8 Å². The van der Waals surface area contributed by atoms with Gasteiger partial charge in [0.05, 0.1) is 18.4 Å². The fourth-order valence-corrected chi connectivity index (χ4v) is 3.21. The van der Waals surface area contributed by atoms with Gasteiger partial charge in [0.2, 0.25) is 0 Å². The van der Waals surface area contributed by atoms with Gasteiger partial charge in [-0.05, 0) is 30.3 Å². The van der Waals surface area contributed by atoms with Gasteiger partial charge in [-0.1, -0.05) is 23.7 Å². The lowest BCUT2D eigenvalue weighted by Gasteiger charge is -2.06. The lowest BCUT2D eigenvalue weighted by molar-refractivity contribution is 0.0465. The molecule has 0 spiro atoms. The Balaban J connectivity index is 1.70. The Labute approximate surface area is 153 Å². The van der Waals surface area contributed by atoms with E-state index in [0.29, 0.717) is 10.7 Å². The minimum Gasteiger partial charge on any atom is -0.507 e. The molecule has 0 saturated carbocycles. The van der Waals surface area contributed by atoms with Crippen LogP contribution >= 0.6 is 22.9 Å². The number of aromatic hydroxyl groups is 1. The molecule has 0 atom stereocenters. The number of esters is 1. The number of carbonyl (C=O) groups is 1. The van der Waals surface area contributed by atoms with Gasteiger partial charge in [0.15, 0.2) is 0 Å². The first-order valence-corrected chi connectivity index (χ1v) is 8.57. The van der Waals surface area contributed by atoms with Crippen LogP contribution in [0.2, 0.25) is 5.02 Å². The maximum absolute atomic E-state index is 12.1. The third-order valence-electron chi connectivity index (χ3n) is 3.42. The Morgan fingerprint density at radius 2 is 2.08 bits per heavy atom. The number of benzene rings is 2. The number of methoxy groups -OCH3 is 1. The number of halogens is 1. The summed E-state index contributed by atoms with van der Waals surface area (Å²) in [5, 5.41) is 12.7. The minimum atomic E-state index is -0.638. The van der Waals surface area contributed by atoms with E-state index in [-0.39, 0.29) is 17.9 Å². The number of aromatic nitrogens is 1. The van der Waals surface area contributed by atoms with Gasteiger partial charge in [-0.25, -0.2) is 9.78 Å². The van der Waals surface area contributed by atoms with E-state index in [2.05, 4.69) is 4.98 Å². The molecule has 1 aromatic heterocycles. The molecule has 3 aromatic rings. The van der Waals surface area contributed by atoms with E-state index in [4.69, 9.17) is 21.1 Å². The molecular formula is C18H14ClNO4S. The lowest BCUT2D eigenvalue weighted by atomic mass is 10.2. The fraction of sp³-hybridized carbons (Fsp3) is 0.111. The molecule has 5 nitrogen and oxygen atoms in total. The largest absolute Gasteiger partial charge is 0.507 e. The van der Waals surface area contributed by atoms with Crippen molar-refractivity contribution in [1.82, 2.24) is 4.98 Å². The molecule has 0 aliphatic heterocycles. The van der Waals surface area contributed by atoms with E-state index in [0.717, 1.165) is 16.3 Å². The van der Waals surface area contributed by atoms with Crippen LogP contribution in [0.5, 0.6) is 11.5 Å². The predicted molar refractivity (Wildman–Crippen MR) is 96.3 cm³/mol. The Morgan fingerprint density at radius 1 is 1.28 bits per heavy atom. The summed E-state index contributed by atoms with van der Waals surface area (Å²) in [6.07, 6.45) is 0. The van der Waals surface area contributed by atoms with E-state index >= 15 is 0 Å². The molecule has 0 bridgehead atoms. The molecule has 1 N–H and O–H groups in total. The summed E-state index contributed by atoms with van der Waals surface area (Å²) in [6.45, 7) is 0.00650. The molecule has 0 aliphatic rings. The Morgan fingerprint density at radius 3 is 2.84 bits per heavy atom. The van der Waals surface area contributed by atoms with Crippen molar-refractivity contribution < 1.29 is 19.4 Å². The van der Waals surface area contributed by atoms with Gasteiger partial charge >= 0.3 is 5.97 Å². The highest BCUT2D eigenvalue weighted by atomic mass is 35.5. The maximum Gasteiger partial charge on any atom is 0.342 e. The quantitative estimate of drug-likeness (QED) is 0.663. The predicted octanol–water partition coefficient (Wildman–Crippen LogP) is 4.53. The van der Waals surface area contributed by atoms with Gasteiger partial charge in [0.25, 0.3) is 0 Å². The lowest BCUT2D eigenvalue weighted by Crippen LogP contribution is -2.05. The summed E-state index contributed by atoms with van der Waals surface area (Å²) in [5.41, 5.74) is 1.56. The molecule has 128 valence electrons. The smallest absolute Gasteiger partial charge is 0.342 e. The van der Waals surface area contributed by atoms with E-state index < -0.39 is 5.97 Å². The standard InChI is InChI=1S/C18H14ClNO4S/c1-23-16-5-3-2-4-14(16)17-20-12(10-25-17)9-24-18(22)13-7-6-11(19)8-15(13)21/h2-8,10,21H,9H2,1H3. The van der Waals surface area contributed by atoms with Gasteiger partial charge in [-0.3, -0.25) is 0 Å². The molecular weight excluding hydrogens is 362 g/mol. The van der Waals surface area contributed by atoms with Gasteiger partial charge in [0, 0.05) is 10.4 Å². The van der Waals surface area contributed by atoms with Gasteiger partial charge in [-0.2, -0.15) is 0 Å². The van der Waals surface area contributed by atoms with Crippen molar-refractivity contribution >= 4 is 28.9 Å². The number of phenolic OH excluding ortho intramolecular Hbond substituents is 1. The molecule has 0 unspecified atom stereocenters. The van der Waals surface area contributed by atoms with Gasteiger partial charge in [0.1, 0.15) is 28.7 Å². The van der Waals surface area contributed by atoms with Crippen molar-refractivity contribution in [3.8, 4) is 22.1 Å². The molecule has 2 aromatic carbocycles. The highest BCUT2D eigenvalue weighted by Gasteiger charge is 2.15. The summed E-state index contributed by atoms with van der Waals surface area (Å²) in [6, 6.07) is 11.8. The summed E-state index contributed by atoms with van der Waals surface area (Å²) >= 11 is 7.18. The zero-order chi connectivity index (χ0) is 17.8. The summed E-state index contributed by atoms with van der Waals surface area (Å²) in [7, 11) is 1.60. The maximum atomic E-state index is 12.1. The fourth-order valence-electron chi connectivity index (χ4n) is 2.21. The number of nitrogens with zero attached hydrogens (tertiary/aromatic N) is 1. The van der Waals surface area contributed by atoms with Crippen LogP contribution in [0, 0.1) is 0 Å². The molecule has 0 fully saturated rings. The molecule has 0 amide bonds. The molecule has 7 heteroatoms. The van der Waals surface area contributed by atoms with Crippen molar-refractivity contribution in [2.45, 2.75) is 6.61 Å². The zero-order valence-corrected chi connectivity index (χ0v) is 14.8. The van der Waals surface area contributed by atoms with Crippen molar-refractivity contribution in [3.05, 3.63) is 64.1 Å². The molecule has 3 rings (SSSR count). The van der Waals surface area contributed by atoms with Gasteiger partial charge in [-0.15, -0.1) is 11.3 Å². The minimum absolute atomic E-state index is 0.00650. The average Bonchev–Trinajstić information content (AvgIpc) is 3.08. The number of phenols is 1. The van der Waals surface area contributed by atoms with Crippen molar-refractivity contribution in [3.63, 3.8) is 0 Å². The first-order valence-electron chi connectivity index (χ1n) is 7.32. The number of para-hydroxylation sites is 1. The number of rotatable bonds is 5. The van der Waals surface area contributed by atoms with Crippen molar-refractivity contribution in [2.75, 3.05) is 7.11 Å². The number of carbonyl (C=O) groups excluding carboxylic acids is 1. The molecule has 0 aliphatic carbocycles. The second-order valence-electron chi connectivity index (χ2n) is 5.08. The topological polar surface area (TPSA) is 68.7 Å². The third-order valence-corrected chi connectivity index (χ3v) is 4.58. The SMILES string of the molecule is COc1ccccc1-c1nc(COC(=O)c2ccc(Cl)cc2O)cs1. The van der Waals surface area contributed by atoms with Crippen molar-refractivity contribution in [2.24, 2.45) is 0 Å². The highest BCUT2D eigenvalue weighted by molar-refractivity contribution is 7.13. The van der Waals surface area contributed by atoms with Crippen LogP contribution in [0.1, 0.15) is 16.1 Å². The van der Waals surface area contributed by atoms with Crippen LogP contribution < -0.4 is 4.74 Å². The summed E-state index contributed by atoms with van der Waals surface area (Å²) < 4.78 is 10.5. The molecule has 0 saturated heterocycles. The number of ether oxygens (including phenoxy) is 2. The van der Waals surface area contributed by atoms with E-state index in [1.54, 1.807) is 7.11 Å². The molecule has 0 radical (unpaired) electrons. The van der Waals surface area contributed by atoms with E-state index in [9.17, 15) is 9.90 Å². The molecule has 25 heavy (non-hydrogen) atoms. The van der Waals surface area contributed by atoms with E-state index in [1.807, 2.05) is 29.6 Å². The van der Waals surface area contributed by atoms with Crippen LogP contribution in [0.3, 0.4) is 0 Å². The van der Waals surface area contributed by atoms with Crippen LogP contribution in [0.4, 0.5) is 0 Å². The number of hydrogen-bond donors (Lipinski definition) is 1. The first-order chi connectivity index (χ1) is 12.1. The van der Waals surface area contributed by atoms with Crippen LogP contribution in [0.25, 0.3) is 10.6 Å². The Kier molecular flexibility index (Phi) is 5.21.